The van der Waals surface area contributed by atoms with Gasteiger partial charge in [-0.2, -0.15) is 0 Å². The molecule has 116 valence electrons. The lowest BCUT2D eigenvalue weighted by Gasteiger charge is -2.43. The van der Waals surface area contributed by atoms with E-state index >= 15 is 0 Å². The molecule has 0 aliphatic heterocycles. The van der Waals surface area contributed by atoms with Crippen LogP contribution in [0.1, 0.15) is 40.0 Å². The van der Waals surface area contributed by atoms with Crippen LogP contribution in [0.5, 0.6) is 0 Å². The van der Waals surface area contributed by atoms with Crippen LogP contribution in [-0.4, -0.2) is 63.4 Å². The van der Waals surface area contributed by atoms with Crippen molar-refractivity contribution < 1.29 is 23.5 Å². The number of rotatable bonds is 10. The van der Waals surface area contributed by atoms with Gasteiger partial charge in [0.25, 0.3) is 0 Å². The van der Waals surface area contributed by atoms with Gasteiger partial charge in [-0.1, -0.05) is 20.8 Å². The monoisotopic (exact) mass is 295 g/mol. The highest BCUT2D eigenvalue weighted by Crippen LogP contribution is 2.25. The molecule has 0 fully saturated rings. The maximum atomic E-state index is 10.2. The van der Waals surface area contributed by atoms with Crippen LogP contribution in [0.4, 0.5) is 0 Å². The third-order valence-corrected chi connectivity index (χ3v) is 6.66. The summed E-state index contributed by atoms with van der Waals surface area (Å²) in [5.74, 6) is 0. The molecule has 0 saturated heterocycles. The molecule has 7 heteroatoms. The highest BCUT2D eigenvalue weighted by Gasteiger charge is 2.51. The van der Waals surface area contributed by atoms with E-state index in [4.69, 9.17) is 13.3 Å². The van der Waals surface area contributed by atoms with E-state index in [-0.39, 0.29) is 5.67 Å². The molecule has 3 atom stereocenters. The van der Waals surface area contributed by atoms with Crippen LogP contribution in [0.25, 0.3) is 0 Å². The van der Waals surface area contributed by atoms with Crippen molar-refractivity contribution in [2.24, 2.45) is 0 Å². The van der Waals surface area contributed by atoms with Gasteiger partial charge < -0.3 is 23.5 Å². The summed E-state index contributed by atoms with van der Waals surface area (Å²) in [6.07, 6.45) is 0.152. The zero-order valence-corrected chi connectivity index (χ0v) is 13.9. The Bertz CT molecular complexity index is 222. The second kappa shape index (κ2) is 9.01. The van der Waals surface area contributed by atoms with Gasteiger partial charge in [0.15, 0.2) is 0 Å². The maximum absolute atomic E-state index is 10.2. The molecule has 19 heavy (non-hydrogen) atoms. The standard InChI is InChI=1S/C12H29NO5Si/c1-7-10(14)13(11(15)8-2)12(9-3)19(16-4,17-5)18-6/h10-12,14-15H,7-9H2,1-6H3. The summed E-state index contributed by atoms with van der Waals surface area (Å²) in [6.45, 7) is 5.69. The maximum Gasteiger partial charge on any atom is 0.518 e. The van der Waals surface area contributed by atoms with E-state index in [0.29, 0.717) is 19.3 Å². The van der Waals surface area contributed by atoms with Gasteiger partial charge in [-0.3, -0.25) is 0 Å². The first-order chi connectivity index (χ1) is 8.97. The Kier molecular flexibility index (Phi) is 9.00. The third-order valence-electron chi connectivity index (χ3n) is 3.43. The van der Waals surface area contributed by atoms with Crippen LogP contribution in [0.3, 0.4) is 0 Å². The Balaban J connectivity index is 5.44. The van der Waals surface area contributed by atoms with E-state index < -0.39 is 21.3 Å². The minimum Gasteiger partial charge on any atom is -0.378 e. The molecule has 0 aromatic heterocycles. The summed E-state index contributed by atoms with van der Waals surface area (Å²) in [7, 11) is 1.65. The molecule has 0 aliphatic rings. The summed E-state index contributed by atoms with van der Waals surface area (Å²) in [5.41, 5.74) is -0.294. The zero-order chi connectivity index (χ0) is 15.1. The quantitative estimate of drug-likeness (QED) is 0.462. The first kappa shape index (κ1) is 19.0. The fraction of sp³-hybridized carbons (Fsp3) is 1.00. The predicted molar refractivity (Wildman–Crippen MR) is 75.3 cm³/mol. The summed E-state index contributed by atoms with van der Waals surface area (Å²) < 4.78 is 16.5. The lowest BCUT2D eigenvalue weighted by Crippen LogP contribution is -2.65. The van der Waals surface area contributed by atoms with Crippen molar-refractivity contribution in [1.82, 2.24) is 4.90 Å². The first-order valence-electron chi connectivity index (χ1n) is 6.76. The van der Waals surface area contributed by atoms with Gasteiger partial charge in [0.05, 0.1) is 5.67 Å². The molecule has 0 radical (unpaired) electrons. The van der Waals surface area contributed by atoms with Crippen LogP contribution in [-0.2, 0) is 13.3 Å². The molecule has 0 saturated carbocycles. The molecule has 0 rings (SSSR count). The van der Waals surface area contributed by atoms with Crippen LogP contribution in [0.15, 0.2) is 0 Å². The number of aliphatic hydroxyl groups is 2. The van der Waals surface area contributed by atoms with Crippen molar-refractivity contribution in [3.8, 4) is 0 Å². The topological polar surface area (TPSA) is 71.4 Å². The lowest BCUT2D eigenvalue weighted by atomic mass is 10.2. The molecule has 6 nitrogen and oxygen atoms in total. The van der Waals surface area contributed by atoms with Gasteiger partial charge in [0.2, 0.25) is 0 Å². The SMILES string of the molecule is CCC(O)N(C(O)CC)C(CC)[Si](OC)(OC)OC. The van der Waals surface area contributed by atoms with E-state index in [1.54, 1.807) is 4.90 Å². The predicted octanol–water partition coefficient (Wildman–Crippen LogP) is 0.941. The van der Waals surface area contributed by atoms with Gasteiger partial charge in [-0.05, 0) is 19.3 Å². The van der Waals surface area contributed by atoms with Crippen molar-refractivity contribution in [2.75, 3.05) is 21.3 Å². The van der Waals surface area contributed by atoms with Gasteiger partial charge in [0.1, 0.15) is 12.5 Å². The van der Waals surface area contributed by atoms with Crippen LogP contribution in [0.2, 0.25) is 0 Å². The normalized spacial score (nSPS) is 17.5. The Morgan fingerprint density at radius 1 is 0.842 bits per heavy atom. The highest BCUT2D eigenvalue weighted by atomic mass is 28.4. The van der Waals surface area contributed by atoms with Crippen molar-refractivity contribution in [3.63, 3.8) is 0 Å². The molecule has 0 bridgehead atoms. The average molecular weight is 295 g/mol. The summed E-state index contributed by atoms with van der Waals surface area (Å²) >= 11 is 0. The minimum atomic E-state index is -2.96. The third kappa shape index (κ3) is 4.22. The summed E-state index contributed by atoms with van der Waals surface area (Å²) in [4.78, 5) is 1.64. The van der Waals surface area contributed by atoms with Crippen LogP contribution < -0.4 is 0 Å². The van der Waals surface area contributed by atoms with Crippen molar-refractivity contribution in [2.45, 2.75) is 58.2 Å². The fourth-order valence-electron chi connectivity index (χ4n) is 2.34. The van der Waals surface area contributed by atoms with Crippen molar-refractivity contribution in [1.29, 1.82) is 0 Å². The minimum absolute atomic E-state index is 0.294. The average Bonchev–Trinajstić information content (AvgIpc) is 2.46. The van der Waals surface area contributed by atoms with Gasteiger partial charge >= 0.3 is 8.80 Å². The van der Waals surface area contributed by atoms with Gasteiger partial charge in [0, 0.05) is 21.3 Å². The summed E-state index contributed by atoms with van der Waals surface area (Å²) in [6, 6.07) is 0. The fourth-order valence-corrected chi connectivity index (χ4v) is 4.86. The Labute approximate surface area is 117 Å². The van der Waals surface area contributed by atoms with E-state index in [0.717, 1.165) is 0 Å². The van der Waals surface area contributed by atoms with Crippen LogP contribution in [0, 0.1) is 0 Å². The van der Waals surface area contributed by atoms with Crippen molar-refractivity contribution >= 4 is 8.80 Å². The van der Waals surface area contributed by atoms with Gasteiger partial charge in [-0.15, -0.1) is 0 Å². The Morgan fingerprint density at radius 3 is 1.42 bits per heavy atom. The number of hydrogen-bond donors (Lipinski definition) is 2. The zero-order valence-electron chi connectivity index (χ0n) is 12.9. The number of aliphatic hydroxyl groups excluding tert-OH is 2. The molecule has 0 heterocycles. The Morgan fingerprint density at radius 2 is 1.21 bits per heavy atom. The molecule has 0 aliphatic carbocycles. The molecule has 0 spiro atoms. The van der Waals surface area contributed by atoms with E-state index in [9.17, 15) is 10.2 Å². The molecule has 3 unspecified atom stereocenters. The molecule has 2 N–H and O–H groups in total. The second-order valence-corrected chi connectivity index (χ2v) is 7.46. The molecular weight excluding hydrogens is 266 g/mol. The highest BCUT2D eigenvalue weighted by molar-refractivity contribution is 6.62. The lowest BCUT2D eigenvalue weighted by molar-refractivity contribution is -0.127. The largest absolute Gasteiger partial charge is 0.518 e. The number of nitrogens with zero attached hydrogens (tertiary/aromatic N) is 1. The molecule has 0 aromatic carbocycles. The van der Waals surface area contributed by atoms with Crippen molar-refractivity contribution in [3.05, 3.63) is 0 Å². The second-order valence-electron chi connectivity index (χ2n) is 4.36. The number of hydrogen-bond acceptors (Lipinski definition) is 6. The molecule has 0 amide bonds. The first-order valence-corrected chi connectivity index (χ1v) is 8.56. The Hall–Kier alpha value is -0.0231. The molecular formula is C12H29NO5Si. The van der Waals surface area contributed by atoms with Gasteiger partial charge in [-0.25, -0.2) is 4.90 Å². The van der Waals surface area contributed by atoms with E-state index in [1.165, 1.54) is 21.3 Å². The van der Waals surface area contributed by atoms with Crippen LogP contribution >= 0.6 is 0 Å². The van der Waals surface area contributed by atoms with E-state index in [1.807, 2.05) is 20.8 Å². The van der Waals surface area contributed by atoms with E-state index in [2.05, 4.69) is 0 Å². The summed E-state index contributed by atoms with van der Waals surface area (Å²) in [5, 5.41) is 20.4. The smallest absolute Gasteiger partial charge is 0.378 e. The molecule has 0 aromatic rings.